The smallest absolute Gasteiger partial charge is 0.0673 e. The van der Waals surface area contributed by atoms with Crippen LogP contribution in [0.2, 0.25) is 20.1 Å². The molecule has 94 valence electrons. The molecule has 0 unspecified atom stereocenters. The predicted octanol–water partition coefficient (Wildman–Crippen LogP) is 6.71. The summed E-state index contributed by atoms with van der Waals surface area (Å²) in [5, 5.41) is 1.90. The summed E-state index contributed by atoms with van der Waals surface area (Å²) in [5.74, 6) is 0.340. The van der Waals surface area contributed by atoms with Crippen LogP contribution < -0.4 is 0 Å². The maximum atomic E-state index is 6.24. The van der Waals surface area contributed by atoms with Gasteiger partial charge in [-0.1, -0.05) is 58.5 Å². The molecule has 0 heterocycles. The Morgan fingerprint density at radius 3 is 2.06 bits per heavy atom. The molecule has 0 fully saturated rings. The number of hydrogen-bond acceptors (Lipinski definition) is 0. The molecule has 2 rings (SSSR count). The maximum Gasteiger partial charge on any atom is 0.0673 e. The summed E-state index contributed by atoms with van der Waals surface area (Å²) >= 11 is 30.1. The van der Waals surface area contributed by atoms with Crippen molar-refractivity contribution in [1.82, 2.24) is 0 Å². The zero-order chi connectivity index (χ0) is 13.3. The number of benzene rings is 2. The summed E-state index contributed by atoms with van der Waals surface area (Å²) in [4.78, 5) is 0. The van der Waals surface area contributed by atoms with Gasteiger partial charge in [0, 0.05) is 11.4 Å². The van der Waals surface area contributed by atoms with E-state index in [1.54, 1.807) is 18.2 Å². The van der Waals surface area contributed by atoms with Gasteiger partial charge in [0.1, 0.15) is 0 Å². The highest BCUT2D eigenvalue weighted by Crippen LogP contribution is 2.39. The molecular formula is C13H7Cl5. The Kier molecular flexibility index (Phi) is 4.69. The van der Waals surface area contributed by atoms with Gasteiger partial charge in [0.15, 0.2) is 0 Å². The van der Waals surface area contributed by atoms with E-state index in [4.69, 9.17) is 58.0 Å². The predicted molar refractivity (Wildman–Crippen MR) is 81.5 cm³/mol. The molecule has 0 radical (unpaired) electrons. The van der Waals surface area contributed by atoms with E-state index < -0.39 is 0 Å². The third-order valence-electron chi connectivity index (χ3n) is 2.53. The highest BCUT2D eigenvalue weighted by atomic mass is 35.5. The van der Waals surface area contributed by atoms with Crippen molar-refractivity contribution in [3.8, 4) is 11.1 Å². The first-order valence-electron chi connectivity index (χ1n) is 5.03. The fourth-order valence-corrected chi connectivity index (χ4v) is 2.64. The van der Waals surface area contributed by atoms with Crippen LogP contribution in [-0.4, -0.2) is 0 Å². The van der Waals surface area contributed by atoms with E-state index >= 15 is 0 Å². The van der Waals surface area contributed by atoms with E-state index in [-0.39, 0.29) is 0 Å². The highest BCUT2D eigenvalue weighted by Gasteiger charge is 2.13. The van der Waals surface area contributed by atoms with Gasteiger partial charge in [-0.25, -0.2) is 0 Å². The van der Waals surface area contributed by atoms with Crippen LogP contribution in [0.1, 0.15) is 5.56 Å². The van der Waals surface area contributed by atoms with Crippen LogP contribution in [0.5, 0.6) is 0 Å². The van der Waals surface area contributed by atoms with E-state index in [0.29, 0.717) is 26.0 Å². The molecule has 0 saturated carbocycles. The van der Waals surface area contributed by atoms with Crippen molar-refractivity contribution < 1.29 is 0 Å². The Balaban J connectivity index is 2.69. The lowest BCUT2D eigenvalue weighted by Crippen LogP contribution is -1.89. The van der Waals surface area contributed by atoms with Crippen molar-refractivity contribution in [1.29, 1.82) is 0 Å². The Morgan fingerprint density at radius 2 is 1.44 bits per heavy atom. The second-order valence-electron chi connectivity index (χ2n) is 3.66. The molecule has 0 N–H and O–H groups in total. The number of alkyl halides is 1. The van der Waals surface area contributed by atoms with Crippen molar-refractivity contribution >= 4 is 58.0 Å². The second-order valence-corrected chi connectivity index (χ2v) is 5.52. The molecule has 0 aliphatic rings. The summed E-state index contributed by atoms with van der Waals surface area (Å²) < 4.78 is 0. The molecular weight excluding hydrogens is 333 g/mol. The first-order chi connectivity index (χ1) is 8.54. The van der Waals surface area contributed by atoms with E-state index in [0.717, 1.165) is 16.7 Å². The summed E-state index contributed by atoms with van der Waals surface area (Å²) in [6.45, 7) is 0. The molecule has 0 aromatic heterocycles. The van der Waals surface area contributed by atoms with Crippen LogP contribution in [0, 0.1) is 0 Å². The molecule has 0 spiro atoms. The van der Waals surface area contributed by atoms with Crippen molar-refractivity contribution in [2.45, 2.75) is 5.88 Å². The van der Waals surface area contributed by atoms with E-state index in [9.17, 15) is 0 Å². The van der Waals surface area contributed by atoms with Crippen molar-refractivity contribution in [3.05, 3.63) is 56.0 Å². The van der Waals surface area contributed by atoms with Crippen LogP contribution in [0.3, 0.4) is 0 Å². The minimum Gasteiger partial charge on any atom is -0.122 e. The minimum atomic E-state index is 0.340. The van der Waals surface area contributed by atoms with Crippen LogP contribution in [0.15, 0.2) is 30.3 Å². The molecule has 0 aliphatic heterocycles. The lowest BCUT2D eigenvalue weighted by molar-refractivity contribution is 1.40. The average molecular weight is 340 g/mol. The van der Waals surface area contributed by atoms with Gasteiger partial charge >= 0.3 is 0 Å². The molecule has 2 aromatic rings. The van der Waals surface area contributed by atoms with E-state index in [2.05, 4.69) is 0 Å². The topological polar surface area (TPSA) is 0 Å². The van der Waals surface area contributed by atoms with Crippen molar-refractivity contribution in [2.75, 3.05) is 0 Å². The standard InChI is InChI=1S/C13H7Cl5/c14-6-8-2-4-10(16)13(18)12(8)7-1-3-9(15)11(17)5-7/h1-5H,6H2. The maximum absolute atomic E-state index is 6.24. The molecule has 2 aromatic carbocycles. The lowest BCUT2D eigenvalue weighted by atomic mass is 10.0. The largest absolute Gasteiger partial charge is 0.122 e. The Bertz CT molecular complexity index is 592. The molecule has 0 nitrogen and oxygen atoms in total. The van der Waals surface area contributed by atoms with Crippen molar-refractivity contribution in [2.24, 2.45) is 0 Å². The fourth-order valence-electron chi connectivity index (χ4n) is 1.67. The van der Waals surface area contributed by atoms with Gasteiger partial charge in [-0.3, -0.25) is 0 Å². The van der Waals surface area contributed by atoms with Gasteiger partial charge in [-0.15, -0.1) is 11.6 Å². The average Bonchev–Trinajstić information content (AvgIpc) is 2.36. The van der Waals surface area contributed by atoms with Gasteiger partial charge < -0.3 is 0 Å². The van der Waals surface area contributed by atoms with Gasteiger partial charge in [-0.05, 0) is 29.3 Å². The zero-order valence-electron chi connectivity index (χ0n) is 8.98. The van der Waals surface area contributed by atoms with Gasteiger partial charge in [0.2, 0.25) is 0 Å². The second kappa shape index (κ2) is 5.90. The summed E-state index contributed by atoms with van der Waals surface area (Å²) in [6.07, 6.45) is 0. The minimum absolute atomic E-state index is 0.340. The first kappa shape index (κ1) is 14.3. The van der Waals surface area contributed by atoms with Crippen LogP contribution in [-0.2, 0) is 5.88 Å². The summed E-state index contributed by atoms with van der Waals surface area (Å²) in [5.41, 5.74) is 2.52. The molecule has 0 saturated heterocycles. The van der Waals surface area contributed by atoms with E-state index in [1.807, 2.05) is 12.1 Å². The van der Waals surface area contributed by atoms with Gasteiger partial charge in [0.05, 0.1) is 20.1 Å². The summed E-state index contributed by atoms with van der Waals surface area (Å²) in [7, 11) is 0. The quantitative estimate of drug-likeness (QED) is 0.533. The Morgan fingerprint density at radius 1 is 0.778 bits per heavy atom. The van der Waals surface area contributed by atoms with Gasteiger partial charge in [-0.2, -0.15) is 0 Å². The van der Waals surface area contributed by atoms with Crippen LogP contribution in [0.4, 0.5) is 0 Å². The molecule has 18 heavy (non-hydrogen) atoms. The highest BCUT2D eigenvalue weighted by molar-refractivity contribution is 6.44. The number of rotatable bonds is 2. The Labute approximate surface area is 130 Å². The molecule has 0 atom stereocenters. The zero-order valence-corrected chi connectivity index (χ0v) is 12.8. The molecule has 5 heteroatoms. The lowest BCUT2D eigenvalue weighted by Gasteiger charge is -2.12. The molecule has 0 aliphatic carbocycles. The number of hydrogen-bond donors (Lipinski definition) is 0. The van der Waals surface area contributed by atoms with E-state index in [1.165, 1.54) is 0 Å². The van der Waals surface area contributed by atoms with Crippen molar-refractivity contribution in [3.63, 3.8) is 0 Å². The normalized spacial score (nSPS) is 10.7. The third kappa shape index (κ3) is 2.74. The summed E-state index contributed by atoms with van der Waals surface area (Å²) in [6, 6.07) is 8.87. The van der Waals surface area contributed by atoms with Crippen LogP contribution >= 0.6 is 58.0 Å². The van der Waals surface area contributed by atoms with Gasteiger partial charge in [0.25, 0.3) is 0 Å². The Hall–Kier alpha value is -0.110. The first-order valence-corrected chi connectivity index (χ1v) is 7.07. The molecule has 0 amide bonds. The van der Waals surface area contributed by atoms with Crippen LogP contribution in [0.25, 0.3) is 11.1 Å². The fraction of sp³-hybridized carbons (Fsp3) is 0.0769. The third-order valence-corrected chi connectivity index (χ3v) is 4.36. The number of halogens is 5. The monoisotopic (exact) mass is 338 g/mol. The SMILES string of the molecule is ClCc1ccc(Cl)c(Cl)c1-c1ccc(Cl)c(Cl)c1. The molecule has 0 bridgehead atoms.